The Bertz CT molecular complexity index is 941. The molecular formula is C25H31N3O2S. The molecule has 0 saturated carbocycles. The van der Waals surface area contributed by atoms with Crippen molar-refractivity contribution in [3.63, 3.8) is 0 Å². The van der Waals surface area contributed by atoms with Crippen LogP contribution in [0.4, 0.5) is 0 Å². The van der Waals surface area contributed by atoms with Gasteiger partial charge in [-0.25, -0.2) is 0 Å². The van der Waals surface area contributed by atoms with Gasteiger partial charge in [0.15, 0.2) is 0 Å². The van der Waals surface area contributed by atoms with Crippen molar-refractivity contribution in [2.24, 2.45) is 0 Å². The maximum Gasteiger partial charge on any atom is 0.263 e. The lowest BCUT2D eigenvalue weighted by atomic mass is 9.73. The Balaban J connectivity index is 1.29. The maximum absolute atomic E-state index is 13.1. The summed E-state index contributed by atoms with van der Waals surface area (Å²) in [5.41, 5.74) is 2.90. The van der Waals surface area contributed by atoms with E-state index < -0.39 is 0 Å². The van der Waals surface area contributed by atoms with Crippen LogP contribution in [0.5, 0.6) is 0 Å². The van der Waals surface area contributed by atoms with Crippen LogP contribution in [0.2, 0.25) is 0 Å². The molecule has 2 aromatic rings. The number of carbonyl (C=O) groups is 2. The first-order valence-corrected chi connectivity index (χ1v) is 12.3. The normalized spacial score (nSPS) is 23.2. The lowest BCUT2D eigenvalue weighted by Gasteiger charge is -2.40. The Morgan fingerprint density at radius 2 is 1.71 bits per heavy atom. The quantitative estimate of drug-likeness (QED) is 0.737. The maximum atomic E-state index is 13.1. The van der Waals surface area contributed by atoms with Crippen LogP contribution >= 0.6 is 11.3 Å². The summed E-state index contributed by atoms with van der Waals surface area (Å²) in [4.78, 5) is 33.1. The number of fused-ring (bicyclic) bond motifs is 2. The summed E-state index contributed by atoms with van der Waals surface area (Å²) in [7, 11) is 2.12. The number of amides is 2. The van der Waals surface area contributed by atoms with Gasteiger partial charge in [-0.3, -0.25) is 9.59 Å². The molecule has 0 radical (unpaired) electrons. The van der Waals surface area contributed by atoms with Crippen LogP contribution in [0.3, 0.4) is 0 Å². The number of rotatable bonds is 3. The molecule has 2 aliphatic heterocycles. The molecule has 0 N–H and O–H groups in total. The van der Waals surface area contributed by atoms with E-state index in [1.807, 2.05) is 22.4 Å². The van der Waals surface area contributed by atoms with Crippen molar-refractivity contribution in [2.45, 2.75) is 37.0 Å². The molecule has 2 saturated heterocycles. The fraction of sp³-hybridized carbons (Fsp3) is 0.520. The molecule has 3 aliphatic rings. The largest absolute Gasteiger partial charge is 0.340 e. The first-order chi connectivity index (χ1) is 15.1. The molecule has 0 bridgehead atoms. The Kier molecular flexibility index (Phi) is 5.61. The number of likely N-dealkylation sites (tertiary alicyclic amines) is 1. The predicted octanol–water partition coefficient (Wildman–Crippen LogP) is 3.57. The average Bonchev–Trinajstić information content (AvgIpc) is 3.43. The summed E-state index contributed by atoms with van der Waals surface area (Å²) in [6.45, 7) is 5.20. The first kappa shape index (κ1) is 20.7. The number of thiophene rings is 1. The smallest absolute Gasteiger partial charge is 0.263 e. The van der Waals surface area contributed by atoms with Gasteiger partial charge in [0.1, 0.15) is 0 Å². The lowest BCUT2D eigenvalue weighted by molar-refractivity contribution is -0.133. The monoisotopic (exact) mass is 437 g/mol. The molecule has 3 heterocycles. The van der Waals surface area contributed by atoms with Gasteiger partial charge < -0.3 is 14.7 Å². The topological polar surface area (TPSA) is 43.9 Å². The minimum absolute atomic E-state index is 0.107. The van der Waals surface area contributed by atoms with Crippen LogP contribution in [0.15, 0.2) is 41.8 Å². The highest BCUT2D eigenvalue weighted by Gasteiger charge is 2.46. The van der Waals surface area contributed by atoms with E-state index in [0.717, 1.165) is 63.4 Å². The molecule has 6 heteroatoms. The Hall–Kier alpha value is -2.18. The summed E-state index contributed by atoms with van der Waals surface area (Å²) in [6.07, 6.45) is 3.62. The second-order valence-corrected chi connectivity index (χ2v) is 10.4. The minimum Gasteiger partial charge on any atom is -0.340 e. The standard InChI is InChI=1S/C25H31N3O2S/c1-26-12-14-27(15-13-26)23(29)17-19-18-25(21-6-3-2-5-20(19)21)8-10-28(11-9-25)24(30)22-7-4-16-31-22/h2-7,16,19H,8-15,17-18H2,1H3. The van der Waals surface area contributed by atoms with E-state index in [-0.39, 0.29) is 11.3 Å². The fourth-order valence-corrected chi connectivity index (χ4v) is 6.46. The van der Waals surface area contributed by atoms with Gasteiger partial charge in [0, 0.05) is 45.7 Å². The summed E-state index contributed by atoms with van der Waals surface area (Å²) >= 11 is 1.52. The number of benzene rings is 1. The molecule has 2 fully saturated rings. The molecule has 1 aromatic heterocycles. The molecule has 2 amide bonds. The van der Waals surface area contributed by atoms with E-state index in [4.69, 9.17) is 0 Å². The van der Waals surface area contributed by atoms with Crippen LogP contribution in [-0.4, -0.2) is 72.8 Å². The predicted molar refractivity (Wildman–Crippen MR) is 124 cm³/mol. The zero-order valence-electron chi connectivity index (χ0n) is 18.3. The van der Waals surface area contributed by atoms with Gasteiger partial charge >= 0.3 is 0 Å². The third kappa shape index (κ3) is 3.92. The number of piperidine rings is 1. The SMILES string of the molecule is CN1CCN(C(=O)CC2CC3(CCN(C(=O)c4cccs4)CC3)c3ccccc32)CC1. The number of likely N-dealkylation sites (N-methyl/N-ethyl adjacent to an activating group) is 1. The molecular weight excluding hydrogens is 406 g/mol. The number of hydrogen-bond acceptors (Lipinski definition) is 4. The third-order valence-electron chi connectivity index (χ3n) is 7.63. The van der Waals surface area contributed by atoms with Crippen molar-refractivity contribution < 1.29 is 9.59 Å². The number of nitrogens with zero attached hydrogens (tertiary/aromatic N) is 3. The lowest BCUT2D eigenvalue weighted by Crippen LogP contribution is -2.47. The Morgan fingerprint density at radius 3 is 2.42 bits per heavy atom. The van der Waals surface area contributed by atoms with Gasteiger partial charge in [0.05, 0.1) is 4.88 Å². The zero-order chi connectivity index (χ0) is 21.4. The van der Waals surface area contributed by atoms with Crippen molar-refractivity contribution in [1.29, 1.82) is 0 Å². The van der Waals surface area contributed by atoms with Gasteiger partial charge in [-0.15, -0.1) is 11.3 Å². The summed E-state index contributed by atoms with van der Waals surface area (Å²) < 4.78 is 0. The van der Waals surface area contributed by atoms with Crippen LogP contribution in [0, 0.1) is 0 Å². The molecule has 5 rings (SSSR count). The van der Waals surface area contributed by atoms with Crippen molar-refractivity contribution in [3.05, 3.63) is 57.8 Å². The van der Waals surface area contributed by atoms with Crippen molar-refractivity contribution >= 4 is 23.2 Å². The number of hydrogen-bond donors (Lipinski definition) is 0. The van der Waals surface area contributed by atoms with E-state index in [1.165, 1.54) is 22.5 Å². The van der Waals surface area contributed by atoms with Crippen molar-refractivity contribution in [1.82, 2.24) is 14.7 Å². The zero-order valence-corrected chi connectivity index (χ0v) is 19.1. The second-order valence-electron chi connectivity index (χ2n) is 9.43. The van der Waals surface area contributed by atoms with Crippen LogP contribution in [-0.2, 0) is 10.2 Å². The fourth-order valence-electron chi connectivity index (χ4n) is 5.77. The van der Waals surface area contributed by atoms with Gasteiger partial charge in [0.2, 0.25) is 5.91 Å². The highest BCUT2D eigenvalue weighted by atomic mass is 32.1. The van der Waals surface area contributed by atoms with Gasteiger partial charge in [-0.2, -0.15) is 0 Å². The summed E-state index contributed by atoms with van der Waals surface area (Å²) in [5.74, 6) is 0.760. The van der Waals surface area contributed by atoms with Crippen molar-refractivity contribution in [3.8, 4) is 0 Å². The highest BCUT2D eigenvalue weighted by Crippen LogP contribution is 2.52. The number of piperazine rings is 1. The number of carbonyl (C=O) groups excluding carboxylic acids is 2. The van der Waals surface area contributed by atoms with Gasteiger partial charge in [0.25, 0.3) is 5.91 Å². The van der Waals surface area contributed by atoms with E-state index in [0.29, 0.717) is 18.2 Å². The highest BCUT2D eigenvalue weighted by molar-refractivity contribution is 7.12. The van der Waals surface area contributed by atoms with E-state index in [2.05, 4.69) is 41.1 Å². The first-order valence-electron chi connectivity index (χ1n) is 11.4. The van der Waals surface area contributed by atoms with Crippen LogP contribution < -0.4 is 0 Å². The van der Waals surface area contributed by atoms with Crippen molar-refractivity contribution in [2.75, 3.05) is 46.3 Å². The van der Waals surface area contributed by atoms with E-state index in [9.17, 15) is 9.59 Å². The summed E-state index contributed by atoms with van der Waals surface area (Å²) in [6, 6.07) is 12.6. The third-order valence-corrected chi connectivity index (χ3v) is 8.48. The van der Waals surface area contributed by atoms with Gasteiger partial charge in [-0.05, 0) is 60.2 Å². The molecule has 1 aliphatic carbocycles. The molecule has 1 atom stereocenters. The Morgan fingerprint density at radius 1 is 0.968 bits per heavy atom. The van der Waals surface area contributed by atoms with Crippen LogP contribution in [0.25, 0.3) is 0 Å². The molecule has 1 aromatic carbocycles. The molecule has 164 valence electrons. The van der Waals surface area contributed by atoms with Gasteiger partial charge in [-0.1, -0.05) is 30.3 Å². The molecule has 1 unspecified atom stereocenters. The molecule has 1 spiro atoms. The summed E-state index contributed by atoms with van der Waals surface area (Å²) in [5, 5.41) is 1.97. The van der Waals surface area contributed by atoms with Crippen LogP contribution in [0.1, 0.15) is 52.4 Å². The average molecular weight is 438 g/mol. The van der Waals surface area contributed by atoms with E-state index >= 15 is 0 Å². The minimum atomic E-state index is 0.107. The second kappa shape index (κ2) is 8.40. The Labute approximate surface area is 188 Å². The van der Waals surface area contributed by atoms with E-state index in [1.54, 1.807) is 0 Å². The molecule has 31 heavy (non-hydrogen) atoms. The molecule has 5 nitrogen and oxygen atoms in total.